The molecule has 0 spiro atoms. The lowest BCUT2D eigenvalue weighted by molar-refractivity contribution is 0.217. The largest absolute Gasteiger partial charge is 0.316 e. The van der Waals surface area contributed by atoms with Gasteiger partial charge in [0, 0.05) is 19.6 Å². The first-order valence-electron chi connectivity index (χ1n) is 7.46. The molecule has 1 rings (SSSR count). The first-order chi connectivity index (χ1) is 8.77. The third kappa shape index (κ3) is 5.40. The van der Waals surface area contributed by atoms with Gasteiger partial charge in [-0.1, -0.05) is 27.7 Å². The third-order valence-electron chi connectivity index (χ3n) is 4.09. The standard InChI is InChI=1S/C14H30N2O2S/c1-5-15-9-12-19(17,18)16-10-6-7-13(8-11-16)14(2,3)4/h13,15H,5-12H2,1-4H3. The van der Waals surface area contributed by atoms with Gasteiger partial charge < -0.3 is 5.32 Å². The summed E-state index contributed by atoms with van der Waals surface area (Å²) >= 11 is 0. The quantitative estimate of drug-likeness (QED) is 0.789. The minimum absolute atomic E-state index is 0.223. The number of hydrogen-bond donors (Lipinski definition) is 1. The highest BCUT2D eigenvalue weighted by Gasteiger charge is 2.30. The molecule has 1 aliphatic rings. The number of sulfonamides is 1. The topological polar surface area (TPSA) is 49.4 Å². The van der Waals surface area contributed by atoms with E-state index in [4.69, 9.17) is 0 Å². The fourth-order valence-electron chi connectivity index (χ4n) is 2.72. The summed E-state index contributed by atoms with van der Waals surface area (Å²) < 4.78 is 26.2. The van der Waals surface area contributed by atoms with E-state index < -0.39 is 10.0 Å². The molecule has 1 aliphatic heterocycles. The molecule has 0 aromatic heterocycles. The van der Waals surface area contributed by atoms with Crippen LogP contribution in [0.2, 0.25) is 0 Å². The Hall–Kier alpha value is -0.130. The summed E-state index contributed by atoms with van der Waals surface area (Å²) in [5.41, 5.74) is 0.281. The van der Waals surface area contributed by atoms with E-state index in [1.165, 1.54) is 0 Å². The Bertz CT molecular complexity index is 360. The lowest BCUT2D eigenvalue weighted by Crippen LogP contribution is -2.37. The maximum absolute atomic E-state index is 12.3. The van der Waals surface area contributed by atoms with E-state index >= 15 is 0 Å². The van der Waals surface area contributed by atoms with Gasteiger partial charge in [-0.2, -0.15) is 0 Å². The van der Waals surface area contributed by atoms with Gasteiger partial charge in [0.1, 0.15) is 0 Å². The highest BCUT2D eigenvalue weighted by atomic mass is 32.2. The van der Waals surface area contributed by atoms with Gasteiger partial charge in [-0.25, -0.2) is 12.7 Å². The number of hydrogen-bond acceptors (Lipinski definition) is 3. The second kappa shape index (κ2) is 7.04. The Labute approximate surface area is 119 Å². The molecule has 5 heteroatoms. The zero-order valence-corrected chi connectivity index (χ0v) is 13.7. The predicted molar refractivity (Wildman–Crippen MR) is 80.7 cm³/mol. The minimum Gasteiger partial charge on any atom is -0.316 e. The summed E-state index contributed by atoms with van der Waals surface area (Å²) in [5.74, 6) is 0.850. The Balaban J connectivity index is 2.57. The van der Waals surface area contributed by atoms with Gasteiger partial charge in [-0.3, -0.25) is 0 Å². The molecule has 19 heavy (non-hydrogen) atoms. The highest BCUT2D eigenvalue weighted by molar-refractivity contribution is 7.89. The van der Waals surface area contributed by atoms with E-state index in [1.807, 2.05) is 6.92 Å². The van der Waals surface area contributed by atoms with Crippen molar-refractivity contribution >= 4 is 10.0 Å². The molecule has 1 N–H and O–H groups in total. The van der Waals surface area contributed by atoms with E-state index in [2.05, 4.69) is 26.1 Å². The monoisotopic (exact) mass is 290 g/mol. The Morgan fingerprint density at radius 2 is 1.89 bits per heavy atom. The Morgan fingerprint density at radius 3 is 2.47 bits per heavy atom. The second-order valence-electron chi connectivity index (χ2n) is 6.56. The molecule has 1 heterocycles. The molecule has 1 unspecified atom stereocenters. The first kappa shape index (κ1) is 16.9. The summed E-state index contributed by atoms with van der Waals surface area (Å²) in [4.78, 5) is 0. The van der Waals surface area contributed by atoms with Crippen molar-refractivity contribution in [3.8, 4) is 0 Å². The molecular formula is C14H30N2O2S. The average Bonchev–Trinajstić information content (AvgIpc) is 2.54. The molecule has 0 saturated carbocycles. The van der Waals surface area contributed by atoms with Crippen LogP contribution in [0.4, 0.5) is 0 Å². The van der Waals surface area contributed by atoms with E-state index in [1.54, 1.807) is 4.31 Å². The molecule has 0 amide bonds. The summed E-state index contributed by atoms with van der Waals surface area (Å²) in [6.45, 7) is 11.5. The van der Waals surface area contributed by atoms with Gasteiger partial charge in [-0.05, 0) is 37.1 Å². The summed E-state index contributed by atoms with van der Waals surface area (Å²) in [6, 6.07) is 0. The van der Waals surface area contributed by atoms with Crippen LogP contribution in [0.25, 0.3) is 0 Å². The van der Waals surface area contributed by atoms with Crippen molar-refractivity contribution in [2.45, 2.75) is 47.0 Å². The molecule has 0 aromatic carbocycles. The van der Waals surface area contributed by atoms with Gasteiger partial charge in [0.05, 0.1) is 5.75 Å². The van der Waals surface area contributed by atoms with Gasteiger partial charge in [0.15, 0.2) is 0 Å². The van der Waals surface area contributed by atoms with Crippen molar-refractivity contribution in [2.24, 2.45) is 11.3 Å². The first-order valence-corrected chi connectivity index (χ1v) is 9.07. The van der Waals surface area contributed by atoms with Crippen molar-refractivity contribution < 1.29 is 8.42 Å². The van der Waals surface area contributed by atoms with Crippen molar-refractivity contribution in [1.82, 2.24) is 9.62 Å². The van der Waals surface area contributed by atoms with E-state index in [9.17, 15) is 8.42 Å². The van der Waals surface area contributed by atoms with E-state index in [0.717, 1.165) is 25.8 Å². The lowest BCUT2D eigenvalue weighted by atomic mass is 9.77. The molecular weight excluding hydrogens is 260 g/mol. The maximum atomic E-state index is 12.3. The molecule has 0 bridgehead atoms. The van der Waals surface area contributed by atoms with Crippen molar-refractivity contribution in [3.63, 3.8) is 0 Å². The fourth-order valence-corrected chi connectivity index (χ4v) is 4.17. The predicted octanol–water partition coefficient (Wildman–Crippen LogP) is 2.07. The summed E-state index contributed by atoms with van der Waals surface area (Å²) in [6.07, 6.45) is 3.12. The molecule has 4 nitrogen and oxygen atoms in total. The van der Waals surface area contributed by atoms with Crippen molar-refractivity contribution in [3.05, 3.63) is 0 Å². The van der Waals surface area contributed by atoms with Crippen LogP contribution in [0.15, 0.2) is 0 Å². The molecule has 0 aliphatic carbocycles. The van der Waals surface area contributed by atoms with E-state index in [-0.39, 0.29) is 11.2 Å². The molecule has 1 fully saturated rings. The van der Waals surface area contributed by atoms with Gasteiger partial charge in [-0.15, -0.1) is 0 Å². The summed E-state index contributed by atoms with van der Waals surface area (Å²) in [7, 11) is -3.08. The van der Waals surface area contributed by atoms with Crippen LogP contribution in [0.1, 0.15) is 47.0 Å². The summed E-state index contributed by atoms with van der Waals surface area (Å²) in [5, 5.41) is 3.09. The van der Waals surface area contributed by atoms with Crippen LogP contribution in [-0.4, -0.2) is 44.7 Å². The smallest absolute Gasteiger partial charge is 0.215 e. The van der Waals surface area contributed by atoms with Gasteiger partial charge in [0.25, 0.3) is 0 Å². The number of nitrogens with zero attached hydrogens (tertiary/aromatic N) is 1. The Kier molecular flexibility index (Phi) is 6.27. The lowest BCUT2D eigenvalue weighted by Gasteiger charge is -2.29. The average molecular weight is 290 g/mol. The maximum Gasteiger partial charge on any atom is 0.215 e. The minimum atomic E-state index is -3.08. The second-order valence-corrected chi connectivity index (χ2v) is 8.65. The molecule has 1 atom stereocenters. The molecule has 0 radical (unpaired) electrons. The van der Waals surface area contributed by atoms with Crippen LogP contribution in [0.5, 0.6) is 0 Å². The van der Waals surface area contributed by atoms with Crippen LogP contribution in [0, 0.1) is 11.3 Å². The number of rotatable bonds is 5. The third-order valence-corrected chi connectivity index (χ3v) is 5.96. The van der Waals surface area contributed by atoms with Crippen LogP contribution in [0.3, 0.4) is 0 Å². The van der Waals surface area contributed by atoms with Gasteiger partial charge in [0.2, 0.25) is 10.0 Å². The molecule has 1 saturated heterocycles. The van der Waals surface area contributed by atoms with Crippen LogP contribution < -0.4 is 5.32 Å². The zero-order chi connectivity index (χ0) is 14.5. The fraction of sp³-hybridized carbons (Fsp3) is 1.00. The molecule has 114 valence electrons. The van der Waals surface area contributed by atoms with Crippen molar-refractivity contribution in [2.75, 3.05) is 31.9 Å². The van der Waals surface area contributed by atoms with Crippen molar-refractivity contribution in [1.29, 1.82) is 0 Å². The molecule has 0 aromatic rings. The SMILES string of the molecule is CCNCCS(=O)(=O)N1CCCC(C(C)(C)C)CC1. The van der Waals surface area contributed by atoms with Crippen LogP contribution in [-0.2, 0) is 10.0 Å². The van der Waals surface area contributed by atoms with E-state index in [0.29, 0.717) is 25.6 Å². The number of nitrogens with one attached hydrogen (secondary N) is 1. The van der Waals surface area contributed by atoms with Gasteiger partial charge >= 0.3 is 0 Å². The van der Waals surface area contributed by atoms with Crippen LogP contribution >= 0.6 is 0 Å². The normalized spacial score (nSPS) is 23.3. The highest BCUT2D eigenvalue weighted by Crippen LogP contribution is 2.34. The zero-order valence-electron chi connectivity index (χ0n) is 12.9. The Morgan fingerprint density at radius 1 is 1.21 bits per heavy atom.